The lowest BCUT2D eigenvalue weighted by Gasteiger charge is -2.41. The maximum atomic E-state index is 14.4. The molecule has 258 valence electrons. The van der Waals surface area contributed by atoms with Gasteiger partial charge >= 0.3 is 12.1 Å². The molecule has 2 N–H and O–H groups in total. The maximum absolute atomic E-state index is 14.4. The number of hydrogen-bond acceptors (Lipinski definition) is 8. The predicted molar refractivity (Wildman–Crippen MR) is 180 cm³/mol. The van der Waals surface area contributed by atoms with Crippen molar-refractivity contribution in [2.24, 2.45) is 10.5 Å². The largest absolute Gasteiger partial charge is 0.462 e. The van der Waals surface area contributed by atoms with Crippen molar-refractivity contribution in [3.63, 3.8) is 0 Å². The van der Waals surface area contributed by atoms with Gasteiger partial charge in [0.05, 0.1) is 17.9 Å². The summed E-state index contributed by atoms with van der Waals surface area (Å²) in [6.45, 7) is 10.5. The molecule has 12 nitrogen and oxygen atoms in total. The molecule has 0 aliphatic carbocycles. The van der Waals surface area contributed by atoms with Gasteiger partial charge in [0.1, 0.15) is 22.6 Å². The summed E-state index contributed by atoms with van der Waals surface area (Å²) in [6, 6.07) is 15.5. The molecule has 2 aromatic rings. The first-order valence-corrected chi connectivity index (χ1v) is 16.3. The van der Waals surface area contributed by atoms with E-state index in [1.54, 1.807) is 63.9 Å². The molecule has 4 rings (SSSR count). The zero-order valence-electron chi connectivity index (χ0n) is 28.9. The number of carbonyl (C=O) groups is 5. The van der Waals surface area contributed by atoms with Crippen LogP contribution in [0.5, 0.6) is 0 Å². The average Bonchev–Trinajstić information content (AvgIpc) is 3.26. The lowest BCUT2D eigenvalue weighted by atomic mass is 9.73. The number of benzene rings is 2. The first-order chi connectivity index (χ1) is 22.6. The van der Waals surface area contributed by atoms with Gasteiger partial charge in [-0.05, 0) is 78.0 Å². The highest BCUT2D eigenvalue weighted by Gasteiger charge is 2.54. The number of fused-ring (bicyclic) bond motifs is 1. The fourth-order valence-electron chi connectivity index (χ4n) is 6.09. The highest BCUT2D eigenvalue weighted by atomic mass is 16.6. The van der Waals surface area contributed by atoms with E-state index in [1.165, 1.54) is 18.9 Å². The molecule has 12 heteroatoms. The normalized spacial score (nSPS) is 18.4. The standard InChI is InChI=1S/C36H47N5O7/c1-8-47-30(43)26-17-13-12-16-25(26)18-19-27(37-31(44)35(5,6)38-33(46)48-34(2,3)4)29(42)41-21-20-28-36(23-41,32(45)40(7)39-28)22-24-14-10-9-11-15-24/h9-17,27H,8,18-23H2,1-7H3,(H,37,44)(H,38,46). The Labute approximate surface area is 282 Å². The van der Waals surface area contributed by atoms with Crippen molar-refractivity contribution < 1.29 is 33.4 Å². The summed E-state index contributed by atoms with van der Waals surface area (Å²) in [4.78, 5) is 68.7. The second-order valence-electron chi connectivity index (χ2n) is 13.8. The molecule has 0 spiro atoms. The Morgan fingerprint density at radius 3 is 2.33 bits per heavy atom. The third-order valence-corrected chi connectivity index (χ3v) is 8.47. The molecule has 1 fully saturated rings. The Balaban J connectivity index is 1.62. The molecule has 48 heavy (non-hydrogen) atoms. The fourth-order valence-corrected chi connectivity index (χ4v) is 6.09. The van der Waals surface area contributed by atoms with Crippen molar-refractivity contribution in [2.75, 3.05) is 26.7 Å². The van der Waals surface area contributed by atoms with E-state index in [4.69, 9.17) is 9.47 Å². The molecule has 0 saturated carbocycles. The highest BCUT2D eigenvalue weighted by molar-refractivity contribution is 6.13. The van der Waals surface area contributed by atoms with Gasteiger partial charge in [0, 0.05) is 26.6 Å². The van der Waals surface area contributed by atoms with Crippen molar-refractivity contribution in [3.05, 3.63) is 71.3 Å². The topological polar surface area (TPSA) is 147 Å². The van der Waals surface area contributed by atoms with E-state index in [1.807, 2.05) is 30.3 Å². The predicted octanol–water partition coefficient (Wildman–Crippen LogP) is 3.87. The number of piperidine rings is 1. The molecule has 0 radical (unpaired) electrons. The molecular weight excluding hydrogens is 614 g/mol. The number of amides is 4. The number of carbonyl (C=O) groups excluding carboxylic acids is 5. The van der Waals surface area contributed by atoms with E-state index in [-0.39, 0.29) is 37.8 Å². The molecule has 0 aromatic heterocycles. The lowest BCUT2D eigenvalue weighted by Crippen LogP contribution is -2.62. The lowest BCUT2D eigenvalue weighted by molar-refractivity contribution is -0.142. The van der Waals surface area contributed by atoms with Gasteiger partial charge in [-0.25, -0.2) is 14.6 Å². The molecule has 2 unspecified atom stereocenters. The molecule has 2 heterocycles. The SMILES string of the molecule is CCOC(=O)c1ccccc1CCC(NC(=O)C(C)(C)NC(=O)OC(C)(C)C)C(=O)N1CCC2=NN(C)C(=O)C2(Cc2ccccc2)C1. The van der Waals surface area contributed by atoms with Gasteiger partial charge in [0.2, 0.25) is 11.8 Å². The molecule has 2 aliphatic heterocycles. The summed E-state index contributed by atoms with van der Waals surface area (Å²) in [6.07, 6.45) is 0.399. The number of likely N-dealkylation sites (tertiary alicyclic amines) is 1. The number of aryl methyl sites for hydroxylation is 1. The van der Waals surface area contributed by atoms with Crippen molar-refractivity contribution in [1.29, 1.82) is 0 Å². The minimum absolute atomic E-state index is 0.0913. The van der Waals surface area contributed by atoms with Gasteiger partial charge in [-0.3, -0.25) is 14.4 Å². The minimum atomic E-state index is -1.44. The van der Waals surface area contributed by atoms with Crippen LogP contribution in [0.3, 0.4) is 0 Å². The number of alkyl carbamates (subject to hydrolysis) is 1. The number of nitrogens with one attached hydrogen (secondary N) is 2. The van der Waals surface area contributed by atoms with Crippen LogP contribution < -0.4 is 10.6 Å². The second kappa shape index (κ2) is 14.6. The zero-order valence-corrected chi connectivity index (χ0v) is 28.9. The smallest absolute Gasteiger partial charge is 0.408 e. The third kappa shape index (κ3) is 8.39. The van der Waals surface area contributed by atoms with E-state index in [0.29, 0.717) is 30.5 Å². The van der Waals surface area contributed by atoms with E-state index in [2.05, 4.69) is 15.7 Å². The average molecular weight is 662 g/mol. The second-order valence-corrected chi connectivity index (χ2v) is 13.8. The highest BCUT2D eigenvalue weighted by Crippen LogP contribution is 2.38. The summed E-state index contributed by atoms with van der Waals surface area (Å²) in [5.74, 6) is -1.64. The number of hydrogen-bond donors (Lipinski definition) is 2. The summed E-state index contributed by atoms with van der Waals surface area (Å²) >= 11 is 0. The van der Waals surface area contributed by atoms with Gasteiger partial charge in [0.15, 0.2) is 0 Å². The number of nitrogens with zero attached hydrogens (tertiary/aromatic N) is 3. The van der Waals surface area contributed by atoms with Crippen molar-refractivity contribution >= 4 is 35.5 Å². The van der Waals surface area contributed by atoms with Gasteiger partial charge in [-0.15, -0.1) is 0 Å². The van der Waals surface area contributed by atoms with Gasteiger partial charge in [0.25, 0.3) is 5.91 Å². The Morgan fingerprint density at radius 2 is 1.67 bits per heavy atom. The summed E-state index contributed by atoms with van der Waals surface area (Å²) < 4.78 is 10.6. The van der Waals surface area contributed by atoms with Crippen LogP contribution in [0.15, 0.2) is 59.7 Å². The molecule has 2 aromatic carbocycles. The Morgan fingerprint density at radius 1 is 1.00 bits per heavy atom. The quantitative estimate of drug-likeness (QED) is 0.348. The molecule has 2 aliphatic rings. The van der Waals surface area contributed by atoms with Crippen LogP contribution in [-0.2, 0) is 36.7 Å². The molecule has 2 atom stereocenters. The van der Waals surface area contributed by atoms with E-state index >= 15 is 0 Å². The summed E-state index contributed by atoms with van der Waals surface area (Å²) in [5, 5.41) is 11.4. The molecule has 0 bridgehead atoms. The van der Waals surface area contributed by atoms with Crippen LogP contribution in [0.4, 0.5) is 4.79 Å². The van der Waals surface area contributed by atoms with E-state index in [0.717, 1.165) is 11.3 Å². The van der Waals surface area contributed by atoms with Crippen molar-refractivity contribution in [3.8, 4) is 0 Å². The summed E-state index contributed by atoms with van der Waals surface area (Å²) in [7, 11) is 1.62. The van der Waals surface area contributed by atoms with Crippen LogP contribution in [0.25, 0.3) is 0 Å². The van der Waals surface area contributed by atoms with Crippen molar-refractivity contribution in [2.45, 2.75) is 84.4 Å². The molecule has 1 saturated heterocycles. The van der Waals surface area contributed by atoms with Crippen LogP contribution in [-0.4, -0.2) is 89.3 Å². The Hall–Kier alpha value is -4.74. The monoisotopic (exact) mass is 661 g/mol. The van der Waals surface area contributed by atoms with Crippen molar-refractivity contribution in [1.82, 2.24) is 20.5 Å². The number of ether oxygens (including phenoxy) is 2. The molecule has 4 amide bonds. The van der Waals surface area contributed by atoms with Crippen LogP contribution >= 0.6 is 0 Å². The van der Waals surface area contributed by atoms with Crippen LogP contribution in [0.1, 0.15) is 75.9 Å². The minimum Gasteiger partial charge on any atom is -0.462 e. The number of esters is 1. The first-order valence-electron chi connectivity index (χ1n) is 16.3. The Bertz CT molecular complexity index is 1570. The first kappa shape index (κ1) is 36.1. The maximum Gasteiger partial charge on any atom is 0.408 e. The molecular formula is C36H47N5O7. The van der Waals surface area contributed by atoms with Gasteiger partial charge in [-0.1, -0.05) is 48.5 Å². The zero-order chi connectivity index (χ0) is 35.3. The summed E-state index contributed by atoms with van der Waals surface area (Å²) in [5.41, 5.74) is -0.539. The van der Waals surface area contributed by atoms with Crippen LogP contribution in [0.2, 0.25) is 0 Å². The fraction of sp³-hybridized carbons (Fsp3) is 0.500. The van der Waals surface area contributed by atoms with E-state index < -0.39 is 40.6 Å². The van der Waals surface area contributed by atoms with Gasteiger partial charge < -0.3 is 25.0 Å². The van der Waals surface area contributed by atoms with E-state index in [9.17, 15) is 24.0 Å². The Kier molecular flexibility index (Phi) is 11.0. The third-order valence-electron chi connectivity index (χ3n) is 8.47. The number of rotatable bonds is 11. The van der Waals surface area contributed by atoms with Gasteiger partial charge in [-0.2, -0.15) is 5.10 Å². The van der Waals surface area contributed by atoms with Crippen LogP contribution in [0, 0.1) is 5.41 Å². The number of hydrazone groups is 1.